The molecule has 0 aromatic rings. The normalized spacial score (nSPS) is 12.6. The number of alkyl halides is 7. The molecule has 0 aliphatic heterocycles. The van der Waals surface area contributed by atoms with E-state index >= 15 is 0 Å². The Morgan fingerprint density at radius 1 is 0.588 bits per heavy atom. The van der Waals surface area contributed by atoms with Gasteiger partial charge in [-0.2, -0.15) is 30.7 Å². The fourth-order valence-corrected chi connectivity index (χ4v) is 3.12. The zero-order chi connectivity index (χ0) is 26.1. The largest absolute Gasteiger partial charge is 0.466 e. The molecule has 0 saturated carbocycles. The summed E-state index contributed by atoms with van der Waals surface area (Å²) in [5.41, 5.74) is 0. The standard InChI is InChI=1S/C23H37F7O4/c1-2-3-4-5-6-7-8-9-10-11-12-13-17-33-19(31)15-14-16-20(32)34-18-21(24,25)22(26,27)23(28,29)30/h2-18H2,1H3. The molecule has 34 heavy (non-hydrogen) atoms. The molecule has 202 valence electrons. The van der Waals surface area contributed by atoms with Crippen LogP contribution in [0.5, 0.6) is 0 Å². The van der Waals surface area contributed by atoms with Gasteiger partial charge < -0.3 is 9.47 Å². The van der Waals surface area contributed by atoms with Gasteiger partial charge in [0.05, 0.1) is 6.61 Å². The van der Waals surface area contributed by atoms with Gasteiger partial charge in [-0.25, -0.2) is 0 Å². The van der Waals surface area contributed by atoms with Gasteiger partial charge in [-0.1, -0.05) is 77.6 Å². The van der Waals surface area contributed by atoms with E-state index in [1.54, 1.807) is 0 Å². The minimum atomic E-state index is -6.49. The van der Waals surface area contributed by atoms with Crippen LogP contribution in [0.25, 0.3) is 0 Å². The highest BCUT2D eigenvalue weighted by Crippen LogP contribution is 2.46. The van der Waals surface area contributed by atoms with Crippen molar-refractivity contribution < 1.29 is 49.8 Å². The highest BCUT2D eigenvalue weighted by Gasteiger charge is 2.73. The third kappa shape index (κ3) is 14.0. The van der Waals surface area contributed by atoms with E-state index in [0.717, 1.165) is 19.3 Å². The average Bonchev–Trinajstić information content (AvgIpc) is 2.74. The minimum absolute atomic E-state index is 0.169. The van der Waals surface area contributed by atoms with Crippen molar-refractivity contribution in [3.05, 3.63) is 0 Å². The highest BCUT2D eigenvalue weighted by molar-refractivity contribution is 5.72. The molecule has 0 unspecified atom stereocenters. The van der Waals surface area contributed by atoms with E-state index in [-0.39, 0.29) is 19.4 Å². The fraction of sp³-hybridized carbons (Fsp3) is 0.913. The summed E-state index contributed by atoms with van der Waals surface area (Å²) in [5, 5.41) is 0. The number of carbonyl (C=O) groups excluding carboxylic acids is 2. The second-order valence-corrected chi connectivity index (χ2v) is 8.40. The summed E-state index contributed by atoms with van der Waals surface area (Å²) in [5.74, 6) is -14.0. The highest BCUT2D eigenvalue weighted by atomic mass is 19.4. The Balaban J connectivity index is 3.71. The van der Waals surface area contributed by atoms with Crippen molar-refractivity contribution in [2.45, 2.75) is 121 Å². The van der Waals surface area contributed by atoms with Crippen LogP contribution in [0.4, 0.5) is 30.7 Å². The van der Waals surface area contributed by atoms with Crippen LogP contribution in [0.1, 0.15) is 103 Å². The number of esters is 2. The summed E-state index contributed by atoms with van der Waals surface area (Å²) in [7, 11) is 0. The molecule has 4 nitrogen and oxygen atoms in total. The molecule has 0 aromatic carbocycles. The predicted octanol–water partition coefficient (Wildman–Crippen LogP) is 7.78. The number of rotatable bonds is 20. The first-order valence-electron chi connectivity index (χ1n) is 12.0. The van der Waals surface area contributed by atoms with Gasteiger partial charge >= 0.3 is 30.0 Å². The molecule has 0 spiro atoms. The van der Waals surface area contributed by atoms with Gasteiger partial charge in [0.25, 0.3) is 0 Å². The van der Waals surface area contributed by atoms with Gasteiger partial charge in [0.1, 0.15) is 0 Å². The van der Waals surface area contributed by atoms with E-state index in [1.165, 1.54) is 51.4 Å². The molecule has 0 radical (unpaired) electrons. The Morgan fingerprint density at radius 3 is 1.44 bits per heavy atom. The van der Waals surface area contributed by atoms with Crippen LogP contribution in [0.3, 0.4) is 0 Å². The van der Waals surface area contributed by atoms with Crippen molar-refractivity contribution >= 4 is 11.9 Å². The summed E-state index contributed by atoms with van der Waals surface area (Å²) < 4.78 is 96.3. The van der Waals surface area contributed by atoms with Crippen LogP contribution in [0, 0.1) is 0 Å². The van der Waals surface area contributed by atoms with Gasteiger partial charge in [-0.05, 0) is 12.8 Å². The molecule has 0 fully saturated rings. The van der Waals surface area contributed by atoms with Gasteiger partial charge in [0, 0.05) is 12.8 Å². The Kier molecular flexibility index (Phi) is 16.2. The molecule has 0 aliphatic carbocycles. The molecule has 0 atom stereocenters. The van der Waals surface area contributed by atoms with Gasteiger partial charge in [0.2, 0.25) is 0 Å². The smallest absolute Gasteiger partial charge is 0.460 e. The lowest BCUT2D eigenvalue weighted by Gasteiger charge is -2.27. The van der Waals surface area contributed by atoms with Gasteiger partial charge in [-0.3, -0.25) is 9.59 Å². The molecular formula is C23H37F7O4. The predicted molar refractivity (Wildman–Crippen MR) is 113 cm³/mol. The summed E-state index contributed by atoms with van der Waals surface area (Å²) in [4.78, 5) is 22.9. The second-order valence-electron chi connectivity index (χ2n) is 8.40. The third-order valence-corrected chi connectivity index (χ3v) is 5.25. The average molecular weight is 511 g/mol. The van der Waals surface area contributed by atoms with Crippen LogP contribution >= 0.6 is 0 Å². The number of halogens is 7. The number of hydrogen-bond acceptors (Lipinski definition) is 4. The Bertz CT molecular complexity index is 566. The molecule has 11 heteroatoms. The third-order valence-electron chi connectivity index (χ3n) is 5.25. The molecule has 0 heterocycles. The Hall–Kier alpha value is -1.55. The van der Waals surface area contributed by atoms with Crippen LogP contribution in [-0.2, 0) is 19.1 Å². The Labute approximate surface area is 196 Å². The van der Waals surface area contributed by atoms with E-state index in [9.17, 15) is 40.3 Å². The SMILES string of the molecule is CCCCCCCCCCCCCCOC(=O)CCCC(=O)OCC(F)(F)C(F)(F)C(F)(F)F. The lowest BCUT2D eigenvalue weighted by Crippen LogP contribution is -2.54. The van der Waals surface area contributed by atoms with Crippen molar-refractivity contribution in [1.82, 2.24) is 0 Å². The van der Waals surface area contributed by atoms with Crippen molar-refractivity contribution in [1.29, 1.82) is 0 Å². The van der Waals surface area contributed by atoms with Gasteiger partial charge in [-0.15, -0.1) is 0 Å². The number of ether oxygens (including phenoxy) is 2. The summed E-state index contributed by atoms with van der Waals surface area (Å²) in [6.45, 7) is -0.0128. The first kappa shape index (κ1) is 32.5. The van der Waals surface area contributed by atoms with Crippen molar-refractivity contribution in [3.8, 4) is 0 Å². The number of carbonyl (C=O) groups is 2. The minimum Gasteiger partial charge on any atom is -0.466 e. The molecule has 0 saturated heterocycles. The quantitative estimate of drug-likeness (QED) is 0.0954. The van der Waals surface area contributed by atoms with Crippen LogP contribution in [0.15, 0.2) is 0 Å². The maximum absolute atomic E-state index is 13.0. The van der Waals surface area contributed by atoms with E-state index < -0.39 is 43.0 Å². The van der Waals surface area contributed by atoms with E-state index in [1.807, 2.05) is 0 Å². The van der Waals surface area contributed by atoms with Crippen LogP contribution in [-0.4, -0.2) is 43.2 Å². The van der Waals surface area contributed by atoms with E-state index in [2.05, 4.69) is 11.7 Å². The van der Waals surface area contributed by atoms with E-state index in [4.69, 9.17) is 4.74 Å². The topological polar surface area (TPSA) is 52.6 Å². The Morgan fingerprint density at radius 2 is 1.00 bits per heavy atom. The van der Waals surface area contributed by atoms with Crippen molar-refractivity contribution in [2.24, 2.45) is 0 Å². The maximum Gasteiger partial charge on any atom is 0.460 e. The monoisotopic (exact) mass is 510 g/mol. The lowest BCUT2D eigenvalue weighted by molar-refractivity contribution is -0.359. The molecule has 0 bridgehead atoms. The zero-order valence-electron chi connectivity index (χ0n) is 19.8. The lowest BCUT2D eigenvalue weighted by atomic mass is 10.1. The molecule has 0 rings (SSSR count). The summed E-state index contributed by atoms with van der Waals surface area (Å²) >= 11 is 0. The molecule has 0 aliphatic rings. The van der Waals surface area contributed by atoms with Crippen molar-refractivity contribution in [3.63, 3.8) is 0 Å². The number of unbranched alkanes of at least 4 members (excludes halogenated alkanes) is 11. The summed E-state index contributed by atoms with van der Waals surface area (Å²) in [6.07, 6.45) is 6.40. The van der Waals surface area contributed by atoms with Crippen molar-refractivity contribution in [2.75, 3.05) is 13.2 Å². The van der Waals surface area contributed by atoms with Crippen LogP contribution < -0.4 is 0 Å². The fourth-order valence-electron chi connectivity index (χ4n) is 3.12. The number of hydrogen-bond donors (Lipinski definition) is 0. The second kappa shape index (κ2) is 17.0. The van der Waals surface area contributed by atoms with Gasteiger partial charge in [0.15, 0.2) is 6.61 Å². The zero-order valence-corrected chi connectivity index (χ0v) is 19.8. The van der Waals surface area contributed by atoms with E-state index in [0.29, 0.717) is 6.42 Å². The first-order valence-corrected chi connectivity index (χ1v) is 12.0. The molecule has 0 aromatic heterocycles. The summed E-state index contributed by atoms with van der Waals surface area (Å²) in [6, 6.07) is 0. The first-order chi connectivity index (χ1) is 15.8. The van der Waals surface area contributed by atoms with Crippen LogP contribution in [0.2, 0.25) is 0 Å². The maximum atomic E-state index is 13.0. The molecule has 0 amide bonds. The molecule has 0 N–H and O–H groups in total. The molecular weight excluding hydrogens is 473 g/mol.